The summed E-state index contributed by atoms with van der Waals surface area (Å²) in [6, 6.07) is 8.69. The lowest BCUT2D eigenvalue weighted by Gasteiger charge is -2.14. The van der Waals surface area contributed by atoms with E-state index >= 15 is 0 Å². The molecule has 1 aromatic rings. The lowest BCUT2D eigenvalue weighted by atomic mass is 10.1. The summed E-state index contributed by atoms with van der Waals surface area (Å²) in [5.74, 6) is 0. The first-order valence-electron chi connectivity index (χ1n) is 4.90. The van der Waals surface area contributed by atoms with Gasteiger partial charge >= 0.3 is 0 Å². The summed E-state index contributed by atoms with van der Waals surface area (Å²) in [4.78, 5) is 2.42. The Morgan fingerprint density at radius 1 is 1.23 bits per heavy atom. The fraction of sp³-hybridized carbons (Fsp3) is 0.455. The zero-order chi connectivity index (χ0) is 9.10. The molecule has 2 nitrogen and oxygen atoms in total. The first-order chi connectivity index (χ1) is 6.40. The third-order valence-corrected chi connectivity index (χ3v) is 2.49. The first-order valence-corrected chi connectivity index (χ1v) is 4.90. The largest absolute Gasteiger partial charge is 0.305 e. The van der Waals surface area contributed by atoms with Crippen LogP contribution in [0.4, 0.5) is 0 Å². The van der Waals surface area contributed by atoms with E-state index in [4.69, 9.17) is 0 Å². The highest BCUT2D eigenvalue weighted by Gasteiger charge is 2.16. The third kappa shape index (κ3) is 1.90. The SMILES string of the molecule is CCNCN1Cc2ccccc2C1. The molecule has 1 aliphatic rings. The zero-order valence-corrected chi connectivity index (χ0v) is 8.09. The van der Waals surface area contributed by atoms with Gasteiger partial charge in [0.1, 0.15) is 0 Å². The second kappa shape index (κ2) is 3.90. The Morgan fingerprint density at radius 3 is 2.38 bits per heavy atom. The Labute approximate surface area is 79.6 Å². The standard InChI is InChI=1S/C11H16N2/c1-2-12-9-13-7-10-5-3-4-6-11(10)8-13/h3-6,12H,2,7-9H2,1H3. The second-order valence-corrected chi connectivity index (χ2v) is 3.52. The topological polar surface area (TPSA) is 15.3 Å². The van der Waals surface area contributed by atoms with E-state index in [0.29, 0.717) is 0 Å². The number of nitrogens with zero attached hydrogens (tertiary/aromatic N) is 1. The van der Waals surface area contributed by atoms with Crippen LogP contribution in [0.5, 0.6) is 0 Å². The maximum absolute atomic E-state index is 3.35. The molecule has 2 heteroatoms. The zero-order valence-electron chi connectivity index (χ0n) is 8.09. The molecule has 0 fully saturated rings. The monoisotopic (exact) mass is 176 g/mol. The smallest absolute Gasteiger partial charge is 0.0487 e. The van der Waals surface area contributed by atoms with Crippen LogP contribution in [0, 0.1) is 0 Å². The van der Waals surface area contributed by atoms with E-state index in [1.807, 2.05) is 0 Å². The number of hydrogen-bond donors (Lipinski definition) is 1. The molecule has 0 atom stereocenters. The molecule has 13 heavy (non-hydrogen) atoms. The van der Waals surface area contributed by atoms with Crippen molar-refractivity contribution < 1.29 is 0 Å². The number of nitrogens with one attached hydrogen (secondary N) is 1. The molecule has 1 heterocycles. The van der Waals surface area contributed by atoms with E-state index < -0.39 is 0 Å². The molecule has 0 unspecified atom stereocenters. The van der Waals surface area contributed by atoms with Crippen LogP contribution in [0.3, 0.4) is 0 Å². The fourth-order valence-corrected chi connectivity index (χ4v) is 1.79. The molecule has 70 valence electrons. The summed E-state index contributed by atoms with van der Waals surface area (Å²) in [6.07, 6.45) is 0. The van der Waals surface area contributed by atoms with Crippen molar-refractivity contribution in [3.63, 3.8) is 0 Å². The number of hydrogen-bond acceptors (Lipinski definition) is 2. The molecule has 1 aromatic carbocycles. The molecular formula is C11H16N2. The Hall–Kier alpha value is -0.860. The molecule has 1 N–H and O–H groups in total. The second-order valence-electron chi connectivity index (χ2n) is 3.52. The molecule has 0 spiro atoms. The van der Waals surface area contributed by atoms with E-state index in [9.17, 15) is 0 Å². The van der Waals surface area contributed by atoms with Crippen molar-refractivity contribution in [2.45, 2.75) is 20.0 Å². The molecule has 0 saturated heterocycles. The van der Waals surface area contributed by atoms with Gasteiger partial charge in [-0.05, 0) is 17.7 Å². The Bertz CT molecular complexity index is 258. The summed E-state index contributed by atoms with van der Waals surface area (Å²) in [5, 5.41) is 3.35. The van der Waals surface area contributed by atoms with E-state index in [0.717, 1.165) is 26.3 Å². The van der Waals surface area contributed by atoms with Gasteiger partial charge in [-0.25, -0.2) is 0 Å². The Morgan fingerprint density at radius 2 is 1.85 bits per heavy atom. The number of benzene rings is 1. The highest BCUT2D eigenvalue weighted by atomic mass is 15.2. The van der Waals surface area contributed by atoms with Crippen LogP contribution in [0.2, 0.25) is 0 Å². The molecule has 0 saturated carbocycles. The van der Waals surface area contributed by atoms with Gasteiger partial charge in [-0.3, -0.25) is 4.90 Å². The molecule has 1 aliphatic heterocycles. The Balaban J connectivity index is 1.97. The minimum Gasteiger partial charge on any atom is -0.305 e. The first kappa shape index (κ1) is 8.73. The number of fused-ring (bicyclic) bond motifs is 1. The van der Waals surface area contributed by atoms with Gasteiger partial charge in [0.15, 0.2) is 0 Å². The van der Waals surface area contributed by atoms with E-state index in [-0.39, 0.29) is 0 Å². The summed E-state index contributed by atoms with van der Waals surface area (Å²) in [7, 11) is 0. The summed E-state index contributed by atoms with van der Waals surface area (Å²) >= 11 is 0. The van der Waals surface area contributed by atoms with Gasteiger partial charge < -0.3 is 5.32 Å². The minimum atomic E-state index is 1.01. The fourth-order valence-electron chi connectivity index (χ4n) is 1.79. The molecule has 0 aliphatic carbocycles. The van der Waals surface area contributed by atoms with Crippen molar-refractivity contribution in [2.75, 3.05) is 13.2 Å². The highest BCUT2D eigenvalue weighted by molar-refractivity contribution is 5.29. The van der Waals surface area contributed by atoms with Gasteiger partial charge in [0.25, 0.3) is 0 Å². The molecule has 0 bridgehead atoms. The molecular weight excluding hydrogens is 160 g/mol. The predicted molar refractivity (Wildman–Crippen MR) is 54.2 cm³/mol. The van der Waals surface area contributed by atoms with Crippen molar-refractivity contribution in [1.29, 1.82) is 0 Å². The molecule has 0 radical (unpaired) electrons. The van der Waals surface area contributed by atoms with Crippen LogP contribution >= 0.6 is 0 Å². The van der Waals surface area contributed by atoms with Gasteiger partial charge in [-0.1, -0.05) is 31.2 Å². The average molecular weight is 176 g/mol. The average Bonchev–Trinajstić information content (AvgIpc) is 2.57. The minimum absolute atomic E-state index is 1.01. The maximum Gasteiger partial charge on any atom is 0.0487 e. The lowest BCUT2D eigenvalue weighted by Crippen LogP contribution is -2.29. The van der Waals surface area contributed by atoms with Crippen LogP contribution in [-0.2, 0) is 13.1 Å². The van der Waals surface area contributed by atoms with Gasteiger partial charge in [0, 0.05) is 19.8 Å². The van der Waals surface area contributed by atoms with E-state index in [1.54, 1.807) is 0 Å². The lowest BCUT2D eigenvalue weighted by molar-refractivity contribution is 0.263. The van der Waals surface area contributed by atoms with E-state index in [1.165, 1.54) is 11.1 Å². The normalized spacial score (nSPS) is 16.1. The van der Waals surface area contributed by atoms with Crippen molar-refractivity contribution in [3.05, 3.63) is 35.4 Å². The van der Waals surface area contributed by atoms with Gasteiger partial charge in [0.05, 0.1) is 0 Å². The van der Waals surface area contributed by atoms with Crippen LogP contribution in [-0.4, -0.2) is 18.1 Å². The van der Waals surface area contributed by atoms with Crippen LogP contribution in [0.1, 0.15) is 18.1 Å². The van der Waals surface area contributed by atoms with Gasteiger partial charge in [-0.2, -0.15) is 0 Å². The third-order valence-electron chi connectivity index (χ3n) is 2.49. The summed E-state index contributed by atoms with van der Waals surface area (Å²) in [5.41, 5.74) is 2.97. The maximum atomic E-state index is 3.35. The summed E-state index contributed by atoms with van der Waals surface area (Å²) in [6.45, 7) is 6.40. The van der Waals surface area contributed by atoms with E-state index in [2.05, 4.69) is 41.4 Å². The molecule has 0 aromatic heterocycles. The van der Waals surface area contributed by atoms with Gasteiger partial charge in [0.2, 0.25) is 0 Å². The Kier molecular flexibility index (Phi) is 2.62. The predicted octanol–water partition coefficient (Wildman–Crippen LogP) is 1.57. The van der Waals surface area contributed by atoms with Crippen LogP contribution in [0.15, 0.2) is 24.3 Å². The number of rotatable bonds is 3. The highest BCUT2D eigenvalue weighted by Crippen LogP contribution is 2.20. The molecule has 2 rings (SSSR count). The van der Waals surface area contributed by atoms with Crippen LogP contribution < -0.4 is 5.32 Å². The molecule has 0 amide bonds. The van der Waals surface area contributed by atoms with Crippen LogP contribution in [0.25, 0.3) is 0 Å². The van der Waals surface area contributed by atoms with Crippen molar-refractivity contribution in [3.8, 4) is 0 Å². The quantitative estimate of drug-likeness (QED) is 0.752. The van der Waals surface area contributed by atoms with Crippen molar-refractivity contribution in [2.24, 2.45) is 0 Å². The van der Waals surface area contributed by atoms with Gasteiger partial charge in [-0.15, -0.1) is 0 Å². The summed E-state index contributed by atoms with van der Waals surface area (Å²) < 4.78 is 0. The van der Waals surface area contributed by atoms with Crippen molar-refractivity contribution in [1.82, 2.24) is 10.2 Å². The van der Waals surface area contributed by atoms with Crippen molar-refractivity contribution >= 4 is 0 Å².